The van der Waals surface area contributed by atoms with E-state index in [9.17, 15) is 4.79 Å². The number of hydrogen-bond donors (Lipinski definition) is 1. The van der Waals surface area contributed by atoms with Crippen LogP contribution in [0, 0.1) is 0 Å². The first-order chi connectivity index (χ1) is 13.2. The second kappa shape index (κ2) is 6.20. The van der Waals surface area contributed by atoms with Gasteiger partial charge < -0.3 is 15.0 Å². The van der Waals surface area contributed by atoms with E-state index in [-0.39, 0.29) is 11.8 Å². The molecule has 0 aromatic carbocycles. The number of nitrogens with zero attached hydrogens (tertiary/aromatic N) is 6. The summed E-state index contributed by atoms with van der Waals surface area (Å²) in [5, 5.41) is 12.2. The molecular formula is C18H19N7O2. The van der Waals surface area contributed by atoms with E-state index >= 15 is 0 Å². The minimum absolute atomic E-state index is 0.0303. The number of anilines is 2. The van der Waals surface area contributed by atoms with Crippen LogP contribution >= 0.6 is 0 Å². The Bertz CT molecular complexity index is 1010. The number of aromatic nitrogens is 5. The predicted octanol–water partition coefficient (Wildman–Crippen LogP) is 1.31. The first-order valence-electron chi connectivity index (χ1n) is 8.87. The molecule has 0 spiro atoms. The SMILES string of the molecule is C=CC(=O)N1CC(c2cc(Nc3cc4n(n3)CCOC4)c3ncnn3c2)C1. The molecule has 2 aliphatic heterocycles. The van der Waals surface area contributed by atoms with Gasteiger partial charge in [-0.1, -0.05) is 6.58 Å². The number of pyridine rings is 1. The van der Waals surface area contributed by atoms with E-state index in [0.29, 0.717) is 26.3 Å². The Labute approximate surface area is 155 Å². The minimum atomic E-state index is -0.0303. The zero-order valence-electron chi connectivity index (χ0n) is 14.7. The highest BCUT2D eigenvalue weighted by atomic mass is 16.5. The van der Waals surface area contributed by atoms with Gasteiger partial charge in [0, 0.05) is 31.3 Å². The second-order valence-electron chi connectivity index (χ2n) is 6.78. The largest absolute Gasteiger partial charge is 0.373 e. The zero-order valence-corrected chi connectivity index (χ0v) is 14.7. The summed E-state index contributed by atoms with van der Waals surface area (Å²) in [5.74, 6) is 0.999. The molecule has 0 saturated carbocycles. The third-order valence-corrected chi connectivity index (χ3v) is 5.06. The van der Waals surface area contributed by atoms with Gasteiger partial charge in [0.2, 0.25) is 5.91 Å². The Morgan fingerprint density at radius 1 is 1.37 bits per heavy atom. The molecule has 3 aromatic heterocycles. The molecule has 2 aliphatic rings. The summed E-state index contributed by atoms with van der Waals surface area (Å²) in [6, 6.07) is 4.06. The standard InChI is InChI=1S/C18H19N7O2/c1-2-17(26)23-7-13(8-23)12-5-15(18-19-11-20-25(18)9-12)21-16-6-14-10-27-4-3-24(14)22-16/h2,5-6,9,11,13H,1,3-4,7-8,10H2,(H,21,22). The summed E-state index contributed by atoms with van der Waals surface area (Å²) in [7, 11) is 0. The monoisotopic (exact) mass is 365 g/mol. The molecule has 138 valence electrons. The van der Waals surface area contributed by atoms with Gasteiger partial charge >= 0.3 is 0 Å². The van der Waals surface area contributed by atoms with Crippen LogP contribution in [0.1, 0.15) is 17.2 Å². The van der Waals surface area contributed by atoms with Gasteiger partial charge in [-0.3, -0.25) is 9.48 Å². The lowest BCUT2D eigenvalue weighted by atomic mass is 9.92. The molecule has 0 aliphatic carbocycles. The van der Waals surface area contributed by atoms with Crippen molar-refractivity contribution in [1.29, 1.82) is 0 Å². The fourth-order valence-corrected chi connectivity index (χ4v) is 3.55. The quantitative estimate of drug-likeness (QED) is 0.701. The van der Waals surface area contributed by atoms with Gasteiger partial charge in [-0.25, -0.2) is 9.50 Å². The first-order valence-corrected chi connectivity index (χ1v) is 8.87. The Morgan fingerprint density at radius 3 is 3.07 bits per heavy atom. The van der Waals surface area contributed by atoms with Crippen molar-refractivity contribution in [2.75, 3.05) is 25.0 Å². The van der Waals surface area contributed by atoms with Crippen LogP contribution in [0.5, 0.6) is 0 Å². The smallest absolute Gasteiger partial charge is 0.245 e. The maximum absolute atomic E-state index is 11.7. The van der Waals surface area contributed by atoms with Crippen molar-refractivity contribution in [3.63, 3.8) is 0 Å². The van der Waals surface area contributed by atoms with Crippen molar-refractivity contribution < 1.29 is 9.53 Å². The molecule has 1 amide bonds. The Morgan fingerprint density at radius 2 is 2.26 bits per heavy atom. The van der Waals surface area contributed by atoms with Crippen LogP contribution in [-0.4, -0.2) is 54.9 Å². The van der Waals surface area contributed by atoms with Crippen LogP contribution in [-0.2, 0) is 22.7 Å². The molecule has 5 rings (SSSR count). The molecular weight excluding hydrogens is 346 g/mol. The number of amides is 1. The summed E-state index contributed by atoms with van der Waals surface area (Å²) >= 11 is 0. The molecule has 0 atom stereocenters. The molecule has 1 saturated heterocycles. The second-order valence-corrected chi connectivity index (χ2v) is 6.78. The van der Waals surface area contributed by atoms with Crippen molar-refractivity contribution in [2.24, 2.45) is 0 Å². The number of hydrogen-bond acceptors (Lipinski definition) is 6. The summed E-state index contributed by atoms with van der Waals surface area (Å²) in [5.41, 5.74) is 3.74. The van der Waals surface area contributed by atoms with Gasteiger partial charge in [-0.15, -0.1) is 0 Å². The van der Waals surface area contributed by atoms with E-state index < -0.39 is 0 Å². The summed E-state index contributed by atoms with van der Waals surface area (Å²) in [4.78, 5) is 17.8. The van der Waals surface area contributed by atoms with Gasteiger partial charge in [0.1, 0.15) is 6.33 Å². The molecule has 0 unspecified atom stereocenters. The molecule has 9 heteroatoms. The van der Waals surface area contributed by atoms with E-state index in [2.05, 4.69) is 33.1 Å². The van der Waals surface area contributed by atoms with E-state index in [1.807, 2.05) is 16.9 Å². The molecule has 0 bridgehead atoms. The third kappa shape index (κ3) is 2.76. The number of carbonyl (C=O) groups excluding carboxylic acids is 1. The third-order valence-electron chi connectivity index (χ3n) is 5.06. The highest BCUT2D eigenvalue weighted by Gasteiger charge is 2.31. The Kier molecular flexibility index (Phi) is 3.68. The number of likely N-dealkylation sites (tertiary alicyclic amines) is 1. The zero-order chi connectivity index (χ0) is 18.4. The fourth-order valence-electron chi connectivity index (χ4n) is 3.55. The highest BCUT2D eigenvalue weighted by Crippen LogP contribution is 2.31. The lowest BCUT2D eigenvalue weighted by Gasteiger charge is -2.39. The van der Waals surface area contributed by atoms with Crippen LogP contribution in [0.2, 0.25) is 0 Å². The topological polar surface area (TPSA) is 89.6 Å². The van der Waals surface area contributed by atoms with Crippen LogP contribution in [0.15, 0.2) is 37.3 Å². The predicted molar refractivity (Wildman–Crippen MR) is 97.7 cm³/mol. The molecule has 9 nitrogen and oxygen atoms in total. The number of carbonyl (C=O) groups is 1. The van der Waals surface area contributed by atoms with Crippen molar-refractivity contribution >= 4 is 23.1 Å². The number of rotatable bonds is 4. The molecule has 5 heterocycles. The van der Waals surface area contributed by atoms with Gasteiger partial charge in [0.25, 0.3) is 0 Å². The lowest BCUT2D eigenvalue weighted by molar-refractivity contribution is -0.130. The van der Waals surface area contributed by atoms with Crippen molar-refractivity contribution in [2.45, 2.75) is 19.1 Å². The number of ether oxygens (including phenoxy) is 1. The summed E-state index contributed by atoms with van der Waals surface area (Å²) in [6.07, 6.45) is 4.86. The highest BCUT2D eigenvalue weighted by molar-refractivity contribution is 5.87. The molecule has 27 heavy (non-hydrogen) atoms. The minimum Gasteiger partial charge on any atom is -0.373 e. The van der Waals surface area contributed by atoms with Gasteiger partial charge in [-0.2, -0.15) is 10.2 Å². The van der Waals surface area contributed by atoms with Crippen molar-refractivity contribution in [1.82, 2.24) is 29.3 Å². The molecule has 1 N–H and O–H groups in total. The van der Waals surface area contributed by atoms with Gasteiger partial charge in [0.15, 0.2) is 11.5 Å². The maximum atomic E-state index is 11.7. The van der Waals surface area contributed by atoms with Crippen LogP contribution in [0.3, 0.4) is 0 Å². The van der Waals surface area contributed by atoms with E-state index in [1.165, 1.54) is 12.4 Å². The van der Waals surface area contributed by atoms with Crippen molar-refractivity contribution in [3.05, 3.63) is 48.6 Å². The number of fused-ring (bicyclic) bond motifs is 2. The maximum Gasteiger partial charge on any atom is 0.245 e. The van der Waals surface area contributed by atoms with Gasteiger partial charge in [0.05, 0.1) is 31.1 Å². The molecule has 1 fully saturated rings. The normalized spacial score (nSPS) is 16.8. The van der Waals surface area contributed by atoms with Crippen LogP contribution in [0.25, 0.3) is 5.65 Å². The van der Waals surface area contributed by atoms with E-state index in [0.717, 1.165) is 35.0 Å². The summed E-state index contributed by atoms with van der Waals surface area (Å²) < 4.78 is 9.19. The Hall–Kier alpha value is -3.20. The van der Waals surface area contributed by atoms with Crippen LogP contribution < -0.4 is 5.32 Å². The fraction of sp³-hybridized carbons (Fsp3) is 0.333. The lowest BCUT2D eigenvalue weighted by Crippen LogP contribution is -2.47. The van der Waals surface area contributed by atoms with Gasteiger partial charge in [-0.05, 0) is 17.7 Å². The van der Waals surface area contributed by atoms with Crippen molar-refractivity contribution in [3.8, 4) is 0 Å². The number of nitrogens with one attached hydrogen (secondary N) is 1. The average molecular weight is 365 g/mol. The Balaban J connectivity index is 1.43. The average Bonchev–Trinajstić information content (AvgIpc) is 3.26. The molecule has 0 radical (unpaired) electrons. The first kappa shape index (κ1) is 16.0. The van der Waals surface area contributed by atoms with E-state index in [4.69, 9.17) is 4.74 Å². The van der Waals surface area contributed by atoms with Crippen LogP contribution in [0.4, 0.5) is 11.5 Å². The van der Waals surface area contributed by atoms with E-state index in [1.54, 1.807) is 9.42 Å². The summed E-state index contributed by atoms with van der Waals surface area (Å²) in [6.45, 7) is 6.92. The molecule has 3 aromatic rings.